The normalized spacial score (nSPS) is 14.2. The summed E-state index contributed by atoms with van der Waals surface area (Å²) in [6.07, 6.45) is 1.52. The van der Waals surface area contributed by atoms with Crippen LogP contribution in [0.4, 0.5) is 16.0 Å². The summed E-state index contributed by atoms with van der Waals surface area (Å²) in [6.45, 7) is 3.64. The van der Waals surface area contributed by atoms with Crippen molar-refractivity contribution in [3.63, 3.8) is 0 Å². The van der Waals surface area contributed by atoms with Crippen molar-refractivity contribution in [2.45, 2.75) is 6.92 Å². The first kappa shape index (κ1) is 19.9. The van der Waals surface area contributed by atoms with Crippen molar-refractivity contribution < 1.29 is 9.18 Å². The third kappa shape index (κ3) is 3.51. The Morgan fingerprint density at radius 1 is 1.03 bits per heavy atom. The van der Waals surface area contributed by atoms with Gasteiger partial charge in [-0.25, -0.2) is 9.07 Å². The third-order valence-electron chi connectivity index (χ3n) is 5.70. The second kappa shape index (κ2) is 7.92. The largest absolute Gasteiger partial charge is 0.366 e. The number of piperazine rings is 1. The van der Waals surface area contributed by atoms with Crippen LogP contribution in [0, 0.1) is 5.82 Å². The number of hydrogen-bond donors (Lipinski definition) is 1. The van der Waals surface area contributed by atoms with Gasteiger partial charge in [-0.3, -0.25) is 14.6 Å². The van der Waals surface area contributed by atoms with E-state index in [9.17, 15) is 14.0 Å². The zero-order valence-corrected chi connectivity index (χ0v) is 17.5. The first-order valence-corrected chi connectivity index (χ1v) is 10.3. The lowest BCUT2D eigenvalue weighted by Crippen LogP contribution is -2.47. The number of H-pyrrole nitrogens is 1. The maximum atomic E-state index is 14.5. The SMILES string of the molecule is CC(=O)c1ccc(N2CCN(c3nc4c(cnn4-c4ccccc4)c(=O)[nH]3)CC2)c(F)c1. The lowest BCUT2D eigenvalue weighted by atomic mass is 10.1. The highest BCUT2D eigenvalue weighted by Crippen LogP contribution is 2.24. The zero-order valence-electron chi connectivity index (χ0n) is 17.5. The quantitative estimate of drug-likeness (QED) is 0.499. The number of anilines is 2. The Hall–Kier alpha value is -4.01. The van der Waals surface area contributed by atoms with Gasteiger partial charge in [0.1, 0.15) is 11.2 Å². The van der Waals surface area contributed by atoms with Crippen LogP contribution in [-0.4, -0.2) is 51.7 Å². The van der Waals surface area contributed by atoms with Crippen LogP contribution >= 0.6 is 0 Å². The van der Waals surface area contributed by atoms with Crippen molar-refractivity contribution in [3.05, 3.63) is 76.5 Å². The van der Waals surface area contributed by atoms with Crippen LogP contribution in [0.2, 0.25) is 0 Å². The van der Waals surface area contributed by atoms with Gasteiger partial charge in [0.25, 0.3) is 5.56 Å². The lowest BCUT2D eigenvalue weighted by molar-refractivity contribution is 0.101. The van der Waals surface area contributed by atoms with Gasteiger partial charge in [-0.05, 0) is 37.3 Å². The summed E-state index contributed by atoms with van der Waals surface area (Å²) < 4.78 is 16.2. The Labute approximate surface area is 182 Å². The van der Waals surface area contributed by atoms with Gasteiger partial charge in [0.2, 0.25) is 5.95 Å². The number of hydrogen-bond acceptors (Lipinski definition) is 6. The molecule has 8 nitrogen and oxygen atoms in total. The molecule has 32 heavy (non-hydrogen) atoms. The molecular formula is C23H21FN6O2. The molecule has 0 aliphatic carbocycles. The monoisotopic (exact) mass is 432 g/mol. The number of Topliss-reactive ketones (excluding diaryl/α,β-unsaturated/α-hetero) is 1. The molecule has 1 N–H and O–H groups in total. The minimum absolute atomic E-state index is 0.166. The van der Waals surface area contributed by atoms with E-state index >= 15 is 0 Å². The standard InChI is InChI=1S/C23H21FN6O2/c1-15(31)16-7-8-20(19(24)13-16)28-9-11-29(12-10-28)23-26-21-18(22(32)27-23)14-25-30(21)17-5-3-2-4-6-17/h2-8,13-14H,9-12H2,1H3,(H,26,27,32). The molecule has 2 aromatic heterocycles. The molecule has 0 unspecified atom stereocenters. The minimum atomic E-state index is -0.411. The summed E-state index contributed by atoms with van der Waals surface area (Å²) in [6, 6.07) is 14.1. The minimum Gasteiger partial charge on any atom is -0.366 e. The summed E-state index contributed by atoms with van der Waals surface area (Å²) in [5, 5.41) is 4.76. The van der Waals surface area contributed by atoms with E-state index in [1.54, 1.807) is 16.8 Å². The molecular weight excluding hydrogens is 411 g/mol. The van der Waals surface area contributed by atoms with Gasteiger partial charge >= 0.3 is 0 Å². The smallest absolute Gasteiger partial charge is 0.263 e. The van der Waals surface area contributed by atoms with Gasteiger partial charge in [-0.15, -0.1) is 0 Å². The lowest BCUT2D eigenvalue weighted by Gasteiger charge is -2.36. The molecule has 1 fully saturated rings. The van der Waals surface area contributed by atoms with Crippen molar-refractivity contribution in [2.24, 2.45) is 0 Å². The summed E-state index contributed by atoms with van der Waals surface area (Å²) >= 11 is 0. The second-order valence-electron chi connectivity index (χ2n) is 7.72. The van der Waals surface area contributed by atoms with E-state index in [0.717, 1.165) is 5.69 Å². The van der Waals surface area contributed by atoms with Gasteiger partial charge in [0, 0.05) is 31.7 Å². The van der Waals surface area contributed by atoms with E-state index < -0.39 is 5.82 Å². The highest BCUT2D eigenvalue weighted by molar-refractivity contribution is 5.94. The Bertz CT molecular complexity index is 1360. The van der Waals surface area contributed by atoms with Gasteiger partial charge in [0.05, 0.1) is 17.6 Å². The Morgan fingerprint density at radius 2 is 1.75 bits per heavy atom. The van der Waals surface area contributed by atoms with Crippen molar-refractivity contribution in [2.75, 3.05) is 36.0 Å². The molecule has 1 aliphatic rings. The van der Waals surface area contributed by atoms with Gasteiger partial charge in [-0.2, -0.15) is 10.1 Å². The topological polar surface area (TPSA) is 87.1 Å². The second-order valence-corrected chi connectivity index (χ2v) is 7.72. The fraction of sp³-hybridized carbons (Fsp3) is 0.217. The van der Waals surface area contributed by atoms with Crippen molar-refractivity contribution in [1.29, 1.82) is 0 Å². The number of benzene rings is 2. The van der Waals surface area contributed by atoms with Crippen LogP contribution in [0.3, 0.4) is 0 Å². The molecule has 9 heteroatoms. The molecule has 162 valence electrons. The zero-order chi connectivity index (χ0) is 22.2. The fourth-order valence-electron chi connectivity index (χ4n) is 3.96. The summed E-state index contributed by atoms with van der Waals surface area (Å²) in [4.78, 5) is 35.5. The Balaban J connectivity index is 1.40. The molecule has 2 aromatic carbocycles. The van der Waals surface area contributed by atoms with Gasteiger partial charge < -0.3 is 9.80 Å². The van der Waals surface area contributed by atoms with Crippen LogP contribution < -0.4 is 15.4 Å². The van der Waals surface area contributed by atoms with E-state index in [1.807, 2.05) is 40.1 Å². The number of aromatic amines is 1. The Morgan fingerprint density at radius 3 is 2.44 bits per heavy atom. The molecule has 4 aromatic rings. The number of aromatic nitrogens is 4. The number of rotatable bonds is 4. The van der Waals surface area contributed by atoms with Crippen LogP contribution in [-0.2, 0) is 0 Å². The van der Waals surface area contributed by atoms with Crippen LogP contribution in [0.15, 0.2) is 59.5 Å². The van der Waals surface area contributed by atoms with E-state index in [-0.39, 0.29) is 11.3 Å². The van der Waals surface area contributed by atoms with E-state index in [0.29, 0.717) is 54.4 Å². The number of carbonyl (C=O) groups excluding carboxylic acids is 1. The Kier molecular flexibility index (Phi) is 4.93. The molecule has 0 saturated carbocycles. The molecule has 1 saturated heterocycles. The molecule has 1 aliphatic heterocycles. The van der Waals surface area contributed by atoms with Crippen LogP contribution in [0.5, 0.6) is 0 Å². The average molecular weight is 432 g/mol. The summed E-state index contributed by atoms with van der Waals surface area (Å²) in [7, 11) is 0. The van der Waals surface area contributed by atoms with E-state index in [4.69, 9.17) is 0 Å². The summed E-state index contributed by atoms with van der Waals surface area (Å²) in [5.74, 6) is -0.112. The highest BCUT2D eigenvalue weighted by atomic mass is 19.1. The predicted molar refractivity (Wildman–Crippen MR) is 120 cm³/mol. The van der Waals surface area contributed by atoms with Crippen molar-refractivity contribution in [3.8, 4) is 5.69 Å². The van der Waals surface area contributed by atoms with Crippen molar-refractivity contribution >= 4 is 28.5 Å². The van der Waals surface area contributed by atoms with E-state index in [1.165, 1.54) is 19.2 Å². The number of para-hydroxylation sites is 1. The van der Waals surface area contributed by atoms with E-state index in [2.05, 4.69) is 15.1 Å². The van der Waals surface area contributed by atoms with Crippen LogP contribution in [0.25, 0.3) is 16.7 Å². The molecule has 5 rings (SSSR count). The number of carbonyl (C=O) groups is 1. The summed E-state index contributed by atoms with van der Waals surface area (Å²) in [5.41, 5.74) is 1.88. The maximum absolute atomic E-state index is 14.5. The number of halogens is 1. The third-order valence-corrected chi connectivity index (χ3v) is 5.70. The molecule has 0 radical (unpaired) electrons. The number of ketones is 1. The molecule has 3 heterocycles. The predicted octanol–water partition coefficient (Wildman–Crippen LogP) is 2.78. The first-order chi connectivity index (χ1) is 15.5. The number of nitrogens with zero attached hydrogens (tertiary/aromatic N) is 5. The molecule has 0 amide bonds. The average Bonchev–Trinajstić information content (AvgIpc) is 3.24. The molecule has 0 spiro atoms. The van der Waals surface area contributed by atoms with Crippen molar-refractivity contribution in [1.82, 2.24) is 19.7 Å². The number of fused-ring (bicyclic) bond motifs is 1. The first-order valence-electron chi connectivity index (χ1n) is 10.3. The molecule has 0 bridgehead atoms. The fourth-order valence-corrected chi connectivity index (χ4v) is 3.96. The maximum Gasteiger partial charge on any atom is 0.263 e. The van der Waals surface area contributed by atoms with Crippen LogP contribution in [0.1, 0.15) is 17.3 Å². The van der Waals surface area contributed by atoms with Gasteiger partial charge in [0.15, 0.2) is 11.4 Å². The van der Waals surface area contributed by atoms with Gasteiger partial charge in [-0.1, -0.05) is 18.2 Å². The molecule has 0 atom stereocenters. The number of nitrogens with one attached hydrogen (secondary N) is 1. The highest BCUT2D eigenvalue weighted by Gasteiger charge is 2.23.